The first kappa shape index (κ1) is 9.59. The van der Waals surface area contributed by atoms with Crippen LogP contribution in [0.2, 0.25) is 0 Å². The molecule has 0 atom stereocenters. The fourth-order valence-corrected chi connectivity index (χ4v) is 1.56. The van der Waals surface area contributed by atoms with Gasteiger partial charge in [0.25, 0.3) is 0 Å². The lowest BCUT2D eigenvalue weighted by Crippen LogP contribution is -1.88. The SMILES string of the molecule is Cc1cccc(-c2cnccc2C=O)c1. The summed E-state index contributed by atoms with van der Waals surface area (Å²) >= 11 is 0. The van der Waals surface area contributed by atoms with Crippen LogP contribution >= 0.6 is 0 Å². The van der Waals surface area contributed by atoms with Gasteiger partial charge in [-0.3, -0.25) is 9.78 Å². The van der Waals surface area contributed by atoms with E-state index in [0.717, 1.165) is 17.4 Å². The van der Waals surface area contributed by atoms with Crippen molar-refractivity contribution in [3.05, 3.63) is 53.9 Å². The fourth-order valence-electron chi connectivity index (χ4n) is 1.56. The molecule has 0 aliphatic rings. The molecule has 0 bridgehead atoms. The van der Waals surface area contributed by atoms with Gasteiger partial charge in [-0.2, -0.15) is 0 Å². The largest absolute Gasteiger partial charge is 0.298 e. The van der Waals surface area contributed by atoms with Gasteiger partial charge >= 0.3 is 0 Å². The average Bonchev–Trinajstić information content (AvgIpc) is 2.29. The molecule has 0 radical (unpaired) electrons. The number of hydrogen-bond acceptors (Lipinski definition) is 2. The van der Waals surface area contributed by atoms with Crippen molar-refractivity contribution in [2.24, 2.45) is 0 Å². The van der Waals surface area contributed by atoms with Crippen LogP contribution in [0.4, 0.5) is 0 Å². The minimum Gasteiger partial charge on any atom is -0.298 e. The molecule has 0 aliphatic carbocycles. The molecule has 0 spiro atoms. The molecule has 0 unspecified atom stereocenters. The molecule has 0 amide bonds. The maximum absolute atomic E-state index is 10.9. The van der Waals surface area contributed by atoms with Crippen LogP contribution < -0.4 is 0 Å². The number of pyridine rings is 1. The van der Waals surface area contributed by atoms with E-state index in [9.17, 15) is 4.79 Å². The summed E-state index contributed by atoms with van der Waals surface area (Å²) in [7, 11) is 0. The molecule has 0 N–H and O–H groups in total. The Labute approximate surface area is 88.6 Å². The van der Waals surface area contributed by atoms with E-state index in [0.29, 0.717) is 5.56 Å². The Morgan fingerprint density at radius 3 is 2.87 bits per heavy atom. The lowest BCUT2D eigenvalue weighted by Gasteiger charge is -2.04. The number of benzene rings is 1. The minimum atomic E-state index is 0.676. The predicted octanol–water partition coefficient (Wildman–Crippen LogP) is 2.87. The summed E-state index contributed by atoms with van der Waals surface area (Å²) in [6.07, 6.45) is 4.21. The Kier molecular flexibility index (Phi) is 2.59. The number of carbonyl (C=O) groups is 1. The molecule has 0 saturated heterocycles. The van der Waals surface area contributed by atoms with E-state index in [4.69, 9.17) is 0 Å². The predicted molar refractivity (Wildman–Crippen MR) is 59.8 cm³/mol. The highest BCUT2D eigenvalue weighted by atomic mass is 16.1. The van der Waals surface area contributed by atoms with Gasteiger partial charge in [0.15, 0.2) is 6.29 Å². The highest BCUT2D eigenvalue weighted by Crippen LogP contribution is 2.22. The number of carbonyl (C=O) groups excluding carboxylic acids is 1. The standard InChI is InChI=1S/C13H11NO/c1-10-3-2-4-11(7-10)13-8-14-6-5-12(13)9-15/h2-9H,1H3. The summed E-state index contributed by atoms with van der Waals surface area (Å²) < 4.78 is 0. The quantitative estimate of drug-likeness (QED) is 0.693. The Bertz CT molecular complexity index is 491. The van der Waals surface area contributed by atoms with E-state index in [-0.39, 0.29) is 0 Å². The second kappa shape index (κ2) is 4.05. The Morgan fingerprint density at radius 1 is 1.27 bits per heavy atom. The minimum absolute atomic E-state index is 0.676. The molecule has 0 fully saturated rings. The van der Waals surface area contributed by atoms with Gasteiger partial charge < -0.3 is 0 Å². The van der Waals surface area contributed by atoms with E-state index < -0.39 is 0 Å². The van der Waals surface area contributed by atoms with E-state index in [1.165, 1.54) is 5.56 Å². The summed E-state index contributed by atoms with van der Waals surface area (Å²) in [5, 5.41) is 0. The maximum Gasteiger partial charge on any atom is 0.150 e. The van der Waals surface area contributed by atoms with Crippen LogP contribution in [0.15, 0.2) is 42.7 Å². The van der Waals surface area contributed by atoms with Gasteiger partial charge in [0, 0.05) is 23.5 Å². The number of hydrogen-bond donors (Lipinski definition) is 0. The smallest absolute Gasteiger partial charge is 0.150 e. The topological polar surface area (TPSA) is 30.0 Å². The lowest BCUT2D eigenvalue weighted by molar-refractivity contribution is 0.112. The first-order chi connectivity index (χ1) is 7.31. The molecule has 0 saturated carbocycles. The van der Waals surface area contributed by atoms with Crippen molar-refractivity contribution in [1.82, 2.24) is 4.98 Å². The molecular formula is C13H11NO. The van der Waals surface area contributed by atoms with Gasteiger partial charge in [-0.05, 0) is 18.6 Å². The average molecular weight is 197 g/mol. The second-order valence-corrected chi connectivity index (χ2v) is 3.45. The normalized spacial score (nSPS) is 9.93. The van der Waals surface area contributed by atoms with Gasteiger partial charge in [0.1, 0.15) is 0 Å². The van der Waals surface area contributed by atoms with Crippen molar-refractivity contribution in [3.8, 4) is 11.1 Å². The van der Waals surface area contributed by atoms with Gasteiger partial charge in [0.2, 0.25) is 0 Å². The fraction of sp³-hybridized carbons (Fsp3) is 0.0769. The zero-order valence-corrected chi connectivity index (χ0v) is 8.47. The Hall–Kier alpha value is -1.96. The van der Waals surface area contributed by atoms with Crippen molar-refractivity contribution < 1.29 is 4.79 Å². The maximum atomic E-state index is 10.9. The number of rotatable bonds is 2. The zero-order valence-electron chi connectivity index (χ0n) is 8.47. The summed E-state index contributed by atoms with van der Waals surface area (Å²) in [5.74, 6) is 0. The number of aryl methyl sites for hydroxylation is 1. The first-order valence-corrected chi connectivity index (χ1v) is 4.77. The third-order valence-electron chi connectivity index (χ3n) is 2.31. The summed E-state index contributed by atoms with van der Waals surface area (Å²) in [6.45, 7) is 2.03. The molecule has 2 aromatic rings. The molecule has 74 valence electrons. The molecule has 1 aromatic carbocycles. The van der Waals surface area contributed by atoms with Crippen LogP contribution in [0.5, 0.6) is 0 Å². The van der Waals surface area contributed by atoms with Crippen molar-refractivity contribution in [2.45, 2.75) is 6.92 Å². The van der Waals surface area contributed by atoms with Crippen LogP contribution in [0.1, 0.15) is 15.9 Å². The van der Waals surface area contributed by atoms with Gasteiger partial charge in [-0.25, -0.2) is 0 Å². The highest BCUT2D eigenvalue weighted by molar-refractivity contribution is 5.87. The van der Waals surface area contributed by atoms with Gasteiger partial charge in [-0.15, -0.1) is 0 Å². The van der Waals surface area contributed by atoms with Crippen LogP contribution in [0, 0.1) is 6.92 Å². The van der Waals surface area contributed by atoms with Crippen LogP contribution in [0.25, 0.3) is 11.1 Å². The molecule has 2 rings (SSSR count). The molecule has 1 aromatic heterocycles. The zero-order chi connectivity index (χ0) is 10.7. The van der Waals surface area contributed by atoms with Gasteiger partial charge in [0.05, 0.1) is 0 Å². The van der Waals surface area contributed by atoms with Crippen molar-refractivity contribution in [1.29, 1.82) is 0 Å². The summed E-state index contributed by atoms with van der Waals surface area (Å²) in [6, 6.07) is 9.76. The van der Waals surface area contributed by atoms with E-state index in [2.05, 4.69) is 4.98 Å². The molecular weight excluding hydrogens is 186 g/mol. The summed E-state index contributed by atoms with van der Waals surface area (Å²) in [4.78, 5) is 14.9. The van der Waals surface area contributed by atoms with E-state index >= 15 is 0 Å². The van der Waals surface area contributed by atoms with Crippen molar-refractivity contribution in [2.75, 3.05) is 0 Å². The van der Waals surface area contributed by atoms with E-state index in [1.54, 1.807) is 18.5 Å². The number of aldehydes is 1. The molecule has 2 nitrogen and oxygen atoms in total. The molecule has 15 heavy (non-hydrogen) atoms. The van der Waals surface area contributed by atoms with Crippen molar-refractivity contribution >= 4 is 6.29 Å². The highest BCUT2D eigenvalue weighted by Gasteiger charge is 2.03. The number of aromatic nitrogens is 1. The second-order valence-electron chi connectivity index (χ2n) is 3.45. The third-order valence-corrected chi connectivity index (χ3v) is 2.31. The Morgan fingerprint density at radius 2 is 2.13 bits per heavy atom. The molecule has 1 heterocycles. The Balaban J connectivity index is 2.58. The lowest BCUT2D eigenvalue weighted by atomic mass is 10.0. The summed E-state index contributed by atoms with van der Waals surface area (Å²) in [5.41, 5.74) is 3.77. The van der Waals surface area contributed by atoms with Crippen LogP contribution in [-0.2, 0) is 0 Å². The third kappa shape index (κ3) is 1.94. The number of nitrogens with zero attached hydrogens (tertiary/aromatic N) is 1. The van der Waals surface area contributed by atoms with Crippen LogP contribution in [-0.4, -0.2) is 11.3 Å². The van der Waals surface area contributed by atoms with Crippen LogP contribution in [0.3, 0.4) is 0 Å². The van der Waals surface area contributed by atoms with Gasteiger partial charge in [-0.1, -0.05) is 29.8 Å². The molecule has 2 heteroatoms. The van der Waals surface area contributed by atoms with E-state index in [1.807, 2.05) is 31.2 Å². The first-order valence-electron chi connectivity index (χ1n) is 4.77. The molecule has 0 aliphatic heterocycles. The van der Waals surface area contributed by atoms with Crippen molar-refractivity contribution in [3.63, 3.8) is 0 Å². The monoisotopic (exact) mass is 197 g/mol.